The van der Waals surface area contributed by atoms with Crippen molar-refractivity contribution in [3.63, 3.8) is 0 Å². The summed E-state index contributed by atoms with van der Waals surface area (Å²) < 4.78 is 0. The third-order valence-corrected chi connectivity index (χ3v) is 4.30. The molecular weight excluding hydrogens is 303 g/mol. The molecule has 0 spiro atoms. The Morgan fingerprint density at radius 2 is 1.81 bits per heavy atom. The SMILES string of the molecule is C(=CC1CC1NCC1CCNCC1)c1ccccc1.Cl.Cl. The molecule has 1 aliphatic heterocycles. The molecule has 21 heavy (non-hydrogen) atoms. The van der Waals surface area contributed by atoms with Gasteiger partial charge in [0.15, 0.2) is 0 Å². The normalized spacial score (nSPS) is 25.1. The molecule has 1 saturated heterocycles. The van der Waals surface area contributed by atoms with Crippen molar-refractivity contribution in [3.05, 3.63) is 42.0 Å². The standard InChI is InChI=1S/C17H24N2.2ClH/c1-2-4-14(5-3-1)6-7-16-12-17(16)19-13-15-8-10-18-11-9-15;;/h1-7,15-19H,8-13H2;2*1H. The number of piperidine rings is 1. The molecule has 3 rings (SSSR count). The van der Waals surface area contributed by atoms with Gasteiger partial charge in [-0.3, -0.25) is 0 Å². The van der Waals surface area contributed by atoms with Crippen LogP contribution in [0.4, 0.5) is 0 Å². The molecule has 1 saturated carbocycles. The van der Waals surface area contributed by atoms with Gasteiger partial charge < -0.3 is 10.6 Å². The van der Waals surface area contributed by atoms with Gasteiger partial charge in [-0.2, -0.15) is 0 Å². The fourth-order valence-corrected chi connectivity index (χ4v) is 2.86. The summed E-state index contributed by atoms with van der Waals surface area (Å²) in [6, 6.07) is 11.3. The van der Waals surface area contributed by atoms with Crippen LogP contribution in [0.5, 0.6) is 0 Å². The van der Waals surface area contributed by atoms with E-state index in [-0.39, 0.29) is 24.8 Å². The third-order valence-electron chi connectivity index (χ3n) is 4.30. The van der Waals surface area contributed by atoms with Crippen LogP contribution in [0, 0.1) is 11.8 Å². The molecule has 118 valence electrons. The van der Waals surface area contributed by atoms with Crippen LogP contribution in [0.3, 0.4) is 0 Å². The molecule has 2 unspecified atom stereocenters. The highest BCUT2D eigenvalue weighted by Crippen LogP contribution is 2.32. The van der Waals surface area contributed by atoms with E-state index < -0.39 is 0 Å². The first-order valence-electron chi connectivity index (χ1n) is 7.59. The number of rotatable bonds is 5. The van der Waals surface area contributed by atoms with Gasteiger partial charge in [-0.1, -0.05) is 42.5 Å². The lowest BCUT2D eigenvalue weighted by molar-refractivity contribution is 0.355. The Bertz CT molecular complexity index is 416. The maximum atomic E-state index is 3.73. The van der Waals surface area contributed by atoms with Crippen molar-refractivity contribution in [2.75, 3.05) is 19.6 Å². The maximum Gasteiger partial charge on any atom is 0.0137 e. The maximum absolute atomic E-state index is 3.73. The largest absolute Gasteiger partial charge is 0.317 e. The monoisotopic (exact) mass is 328 g/mol. The molecular formula is C17H26Cl2N2. The lowest BCUT2D eigenvalue weighted by Crippen LogP contribution is -2.34. The first kappa shape index (κ1) is 18.5. The molecule has 0 radical (unpaired) electrons. The molecule has 1 aromatic carbocycles. The second kappa shape index (κ2) is 9.47. The molecule has 2 atom stereocenters. The smallest absolute Gasteiger partial charge is 0.0137 e. The summed E-state index contributed by atoms with van der Waals surface area (Å²) in [6.45, 7) is 3.62. The Morgan fingerprint density at radius 1 is 1.10 bits per heavy atom. The average molecular weight is 329 g/mol. The minimum absolute atomic E-state index is 0. The zero-order chi connectivity index (χ0) is 12.9. The van der Waals surface area contributed by atoms with Crippen LogP contribution >= 0.6 is 24.8 Å². The molecule has 0 amide bonds. The average Bonchev–Trinajstić information content (AvgIpc) is 3.24. The lowest BCUT2D eigenvalue weighted by Gasteiger charge is -2.22. The molecule has 2 fully saturated rings. The first-order valence-corrected chi connectivity index (χ1v) is 7.59. The van der Waals surface area contributed by atoms with Gasteiger partial charge in [-0.05, 0) is 56.3 Å². The van der Waals surface area contributed by atoms with Crippen LogP contribution in [0.2, 0.25) is 0 Å². The van der Waals surface area contributed by atoms with E-state index in [2.05, 4.69) is 53.1 Å². The molecule has 1 heterocycles. The molecule has 1 aliphatic carbocycles. The number of hydrogen-bond acceptors (Lipinski definition) is 2. The Kier molecular flexibility index (Phi) is 8.35. The van der Waals surface area contributed by atoms with Crippen molar-refractivity contribution in [2.24, 2.45) is 11.8 Å². The van der Waals surface area contributed by atoms with E-state index in [0.29, 0.717) is 0 Å². The van der Waals surface area contributed by atoms with Crippen molar-refractivity contribution in [1.82, 2.24) is 10.6 Å². The quantitative estimate of drug-likeness (QED) is 0.864. The van der Waals surface area contributed by atoms with Crippen molar-refractivity contribution in [3.8, 4) is 0 Å². The van der Waals surface area contributed by atoms with Gasteiger partial charge in [-0.15, -0.1) is 24.8 Å². The molecule has 2 N–H and O–H groups in total. The van der Waals surface area contributed by atoms with Gasteiger partial charge in [0.2, 0.25) is 0 Å². The second-order valence-electron chi connectivity index (χ2n) is 5.88. The summed E-state index contributed by atoms with van der Waals surface area (Å²) in [5.74, 6) is 1.64. The minimum Gasteiger partial charge on any atom is -0.317 e. The minimum atomic E-state index is 0. The molecule has 2 aliphatic rings. The summed E-state index contributed by atoms with van der Waals surface area (Å²) in [6.07, 6.45) is 8.62. The van der Waals surface area contributed by atoms with Crippen LogP contribution in [-0.4, -0.2) is 25.7 Å². The number of halogens is 2. The summed E-state index contributed by atoms with van der Waals surface area (Å²) in [5.41, 5.74) is 1.31. The van der Waals surface area contributed by atoms with Crippen molar-refractivity contribution in [2.45, 2.75) is 25.3 Å². The number of benzene rings is 1. The lowest BCUT2D eigenvalue weighted by atomic mass is 9.98. The fraction of sp³-hybridized carbons (Fsp3) is 0.529. The van der Waals surface area contributed by atoms with Gasteiger partial charge in [-0.25, -0.2) is 0 Å². The Morgan fingerprint density at radius 3 is 2.52 bits per heavy atom. The van der Waals surface area contributed by atoms with Crippen LogP contribution < -0.4 is 10.6 Å². The van der Waals surface area contributed by atoms with Crippen LogP contribution in [0.15, 0.2) is 36.4 Å². The van der Waals surface area contributed by atoms with E-state index in [1.54, 1.807) is 0 Å². The summed E-state index contributed by atoms with van der Waals surface area (Å²) >= 11 is 0. The molecule has 0 bridgehead atoms. The van der Waals surface area contributed by atoms with E-state index in [4.69, 9.17) is 0 Å². The summed E-state index contributed by atoms with van der Waals surface area (Å²) in [7, 11) is 0. The Balaban J connectivity index is 0.00000110. The molecule has 0 aromatic heterocycles. The predicted molar refractivity (Wildman–Crippen MR) is 95.5 cm³/mol. The second-order valence-corrected chi connectivity index (χ2v) is 5.88. The molecule has 2 nitrogen and oxygen atoms in total. The van der Waals surface area contributed by atoms with Crippen LogP contribution in [0.1, 0.15) is 24.8 Å². The van der Waals surface area contributed by atoms with Crippen molar-refractivity contribution >= 4 is 30.9 Å². The summed E-state index contributed by atoms with van der Waals surface area (Å²) in [5, 5.41) is 7.16. The topological polar surface area (TPSA) is 24.1 Å². The number of hydrogen-bond donors (Lipinski definition) is 2. The highest BCUT2D eigenvalue weighted by atomic mass is 35.5. The van der Waals surface area contributed by atoms with E-state index in [1.165, 1.54) is 44.5 Å². The van der Waals surface area contributed by atoms with Crippen molar-refractivity contribution < 1.29 is 0 Å². The van der Waals surface area contributed by atoms with Crippen LogP contribution in [-0.2, 0) is 0 Å². The highest BCUT2D eigenvalue weighted by Gasteiger charge is 2.34. The molecule has 4 heteroatoms. The zero-order valence-electron chi connectivity index (χ0n) is 12.3. The van der Waals surface area contributed by atoms with Gasteiger partial charge >= 0.3 is 0 Å². The predicted octanol–water partition coefficient (Wildman–Crippen LogP) is 3.52. The summed E-state index contributed by atoms with van der Waals surface area (Å²) in [4.78, 5) is 0. The number of nitrogens with one attached hydrogen (secondary N) is 2. The molecule has 1 aromatic rings. The Hall–Kier alpha value is -0.540. The third kappa shape index (κ3) is 5.99. The van der Waals surface area contributed by atoms with E-state index >= 15 is 0 Å². The van der Waals surface area contributed by atoms with E-state index in [0.717, 1.165) is 17.9 Å². The van der Waals surface area contributed by atoms with Crippen molar-refractivity contribution in [1.29, 1.82) is 0 Å². The first-order chi connectivity index (χ1) is 9.42. The van der Waals surface area contributed by atoms with E-state index in [9.17, 15) is 0 Å². The van der Waals surface area contributed by atoms with Gasteiger partial charge in [0, 0.05) is 6.04 Å². The zero-order valence-corrected chi connectivity index (χ0v) is 14.0. The Labute approximate surface area is 140 Å². The highest BCUT2D eigenvalue weighted by molar-refractivity contribution is 5.85. The van der Waals surface area contributed by atoms with Gasteiger partial charge in [0.25, 0.3) is 0 Å². The fourth-order valence-electron chi connectivity index (χ4n) is 2.86. The van der Waals surface area contributed by atoms with Gasteiger partial charge in [0.05, 0.1) is 0 Å². The van der Waals surface area contributed by atoms with E-state index in [1.807, 2.05) is 0 Å². The van der Waals surface area contributed by atoms with Gasteiger partial charge in [0.1, 0.15) is 0 Å². The van der Waals surface area contributed by atoms with Crippen LogP contribution in [0.25, 0.3) is 6.08 Å².